The third kappa shape index (κ3) is 3.61. The van der Waals surface area contributed by atoms with Gasteiger partial charge < -0.3 is 9.16 Å². The Bertz CT molecular complexity index is 194. The molecule has 0 atom stereocenters. The van der Waals surface area contributed by atoms with Crippen molar-refractivity contribution in [3.63, 3.8) is 0 Å². The molecule has 0 radical (unpaired) electrons. The standard InChI is InChI=1S/C11H24O3Si/c1-7-14-11(12)8-15(13-6,9(2)3)10(4)5/h9-10H,7-8H2,1-6H3. The average molecular weight is 232 g/mol. The van der Waals surface area contributed by atoms with Crippen LogP contribution in [0.15, 0.2) is 0 Å². The second-order valence-electron chi connectivity index (χ2n) is 4.45. The molecule has 0 rings (SSSR count). The van der Waals surface area contributed by atoms with Crippen LogP contribution in [0.3, 0.4) is 0 Å². The van der Waals surface area contributed by atoms with Crippen LogP contribution < -0.4 is 0 Å². The molecule has 90 valence electrons. The molecule has 0 saturated heterocycles. The van der Waals surface area contributed by atoms with Crippen LogP contribution in [0.2, 0.25) is 17.1 Å². The zero-order valence-electron chi connectivity index (χ0n) is 10.8. The van der Waals surface area contributed by atoms with Crippen molar-refractivity contribution in [2.75, 3.05) is 13.7 Å². The zero-order chi connectivity index (χ0) is 12.1. The van der Waals surface area contributed by atoms with Crippen molar-refractivity contribution < 1.29 is 14.0 Å². The number of hydrogen-bond donors (Lipinski definition) is 0. The van der Waals surface area contributed by atoms with Crippen LogP contribution in [-0.4, -0.2) is 28.0 Å². The van der Waals surface area contributed by atoms with Gasteiger partial charge in [-0.2, -0.15) is 0 Å². The van der Waals surface area contributed by atoms with E-state index in [0.717, 1.165) is 0 Å². The highest BCUT2D eigenvalue weighted by molar-refractivity contribution is 6.78. The highest BCUT2D eigenvalue weighted by Crippen LogP contribution is 2.36. The lowest BCUT2D eigenvalue weighted by Crippen LogP contribution is -2.45. The molecule has 0 N–H and O–H groups in total. The quantitative estimate of drug-likeness (QED) is 0.522. The smallest absolute Gasteiger partial charge is 0.305 e. The van der Waals surface area contributed by atoms with E-state index in [-0.39, 0.29) is 5.97 Å². The Morgan fingerprint density at radius 1 is 1.20 bits per heavy atom. The second kappa shape index (κ2) is 6.28. The Morgan fingerprint density at radius 2 is 1.67 bits per heavy atom. The molecule has 3 nitrogen and oxygen atoms in total. The van der Waals surface area contributed by atoms with E-state index in [2.05, 4.69) is 27.7 Å². The van der Waals surface area contributed by atoms with Gasteiger partial charge in [0.25, 0.3) is 0 Å². The van der Waals surface area contributed by atoms with Crippen LogP contribution in [0, 0.1) is 0 Å². The minimum absolute atomic E-state index is 0.117. The molecule has 0 aliphatic heterocycles. The van der Waals surface area contributed by atoms with Gasteiger partial charge in [-0.15, -0.1) is 0 Å². The average Bonchev–Trinajstić information content (AvgIpc) is 2.13. The van der Waals surface area contributed by atoms with E-state index >= 15 is 0 Å². The Balaban J connectivity index is 4.70. The molecule has 0 aromatic carbocycles. The van der Waals surface area contributed by atoms with E-state index in [9.17, 15) is 4.79 Å². The summed E-state index contributed by atoms with van der Waals surface area (Å²) in [7, 11) is -0.271. The van der Waals surface area contributed by atoms with Crippen LogP contribution in [0.1, 0.15) is 34.6 Å². The minimum atomic E-state index is -2.00. The molecule has 0 saturated carbocycles. The first kappa shape index (κ1) is 14.6. The van der Waals surface area contributed by atoms with E-state index in [4.69, 9.17) is 9.16 Å². The van der Waals surface area contributed by atoms with Gasteiger partial charge in [0.15, 0.2) is 0 Å². The van der Waals surface area contributed by atoms with Crippen molar-refractivity contribution in [1.82, 2.24) is 0 Å². The second-order valence-corrected chi connectivity index (χ2v) is 9.43. The van der Waals surface area contributed by atoms with E-state index in [1.165, 1.54) is 0 Å². The van der Waals surface area contributed by atoms with Gasteiger partial charge in [-0.05, 0) is 18.0 Å². The van der Waals surface area contributed by atoms with E-state index < -0.39 is 8.32 Å². The van der Waals surface area contributed by atoms with Gasteiger partial charge in [-0.25, -0.2) is 0 Å². The predicted octanol–water partition coefficient (Wildman–Crippen LogP) is 2.96. The van der Waals surface area contributed by atoms with E-state index in [0.29, 0.717) is 23.7 Å². The maximum absolute atomic E-state index is 11.6. The zero-order valence-corrected chi connectivity index (χ0v) is 11.8. The summed E-state index contributed by atoms with van der Waals surface area (Å²) in [6.45, 7) is 10.8. The molecule has 0 aromatic heterocycles. The monoisotopic (exact) mass is 232 g/mol. The summed E-state index contributed by atoms with van der Waals surface area (Å²) in [5.74, 6) is -0.117. The van der Waals surface area contributed by atoms with Gasteiger partial charge in [-0.3, -0.25) is 4.79 Å². The fraction of sp³-hybridized carbons (Fsp3) is 0.909. The van der Waals surface area contributed by atoms with Crippen molar-refractivity contribution in [3.8, 4) is 0 Å². The molecule has 4 heteroatoms. The highest BCUT2D eigenvalue weighted by atomic mass is 28.4. The van der Waals surface area contributed by atoms with Gasteiger partial charge in [0.05, 0.1) is 12.7 Å². The van der Waals surface area contributed by atoms with Crippen molar-refractivity contribution in [2.45, 2.75) is 51.7 Å². The summed E-state index contributed by atoms with van der Waals surface area (Å²) in [6, 6.07) is 0.465. The molecule has 0 fully saturated rings. The van der Waals surface area contributed by atoms with Crippen molar-refractivity contribution in [3.05, 3.63) is 0 Å². The fourth-order valence-corrected chi connectivity index (χ4v) is 5.85. The topological polar surface area (TPSA) is 35.5 Å². The van der Waals surface area contributed by atoms with Crippen LogP contribution >= 0.6 is 0 Å². The van der Waals surface area contributed by atoms with Gasteiger partial charge >= 0.3 is 5.97 Å². The van der Waals surface area contributed by atoms with E-state index in [1.807, 2.05) is 6.92 Å². The number of ether oxygens (including phenoxy) is 1. The van der Waals surface area contributed by atoms with Gasteiger partial charge in [-0.1, -0.05) is 27.7 Å². The lowest BCUT2D eigenvalue weighted by molar-refractivity contribution is -0.140. The SMILES string of the molecule is CCOC(=O)C[Si](OC)(C(C)C)C(C)C. The Hall–Kier alpha value is -0.353. The Morgan fingerprint density at radius 3 is 1.93 bits per heavy atom. The molecule has 0 aliphatic rings. The Kier molecular flexibility index (Phi) is 6.13. The molecule has 0 spiro atoms. The van der Waals surface area contributed by atoms with Crippen LogP contribution in [-0.2, 0) is 14.0 Å². The summed E-state index contributed by atoms with van der Waals surface area (Å²) in [4.78, 5) is 11.6. The third-order valence-corrected chi connectivity index (χ3v) is 8.57. The van der Waals surface area contributed by atoms with Crippen LogP contribution in [0.5, 0.6) is 0 Å². The van der Waals surface area contributed by atoms with Crippen molar-refractivity contribution >= 4 is 14.3 Å². The van der Waals surface area contributed by atoms with Crippen LogP contribution in [0.4, 0.5) is 0 Å². The summed E-state index contributed by atoms with van der Waals surface area (Å²) in [6.07, 6.45) is 0. The predicted molar refractivity (Wildman–Crippen MR) is 64.4 cm³/mol. The molecule has 0 unspecified atom stereocenters. The first-order chi connectivity index (χ1) is 6.90. The summed E-state index contributed by atoms with van der Waals surface area (Å²) >= 11 is 0. The number of hydrogen-bond acceptors (Lipinski definition) is 3. The van der Waals surface area contributed by atoms with Gasteiger partial charge in [0.1, 0.15) is 0 Å². The van der Waals surface area contributed by atoms with E-state index in [1.54, 1.807) is 7.11 Å². The van der Waals surface area contributed by atoms with Gasteiger partial charge in [0, 0.05) is 7.11 Å². The van der Waals surface area contributed by atoms with Crippen LogP contribution in [0.25, 0.3) is 0 Å². The first-order valence-corrected chi connectivity index (χ1v) is 7.88. The highest BCUT2D eigenvalue weighted by Gasteiger charge is 2.43. The number of esters is 1. The molecule has 15 heavy (non-hydrogen) atoms. The minimum Gasteiger partial charge on any atom is -0.466 e. The molecule has 0 amide bonds. The summed E-state index contributed by atoms with van der Waals surface area (Å²) < 4.78 is 10.7. The molecule has 0 bridgehead atoms. The first-order valence-electron chi connectivity index (χ1n) is 5.61. The molecular weight excluding hydrogens is 208 g/mol. The Labute approximate surface area is 94.3 Å². The maximum Gasteiger partial charge on any atom is 0.305 e. The summed E-state index contributed by atoms with van der Waals surface area (Å²) in [5, 5.41) is 0. The lowest BCUT2D eigenvalue weighted by Gasteiger charge is -2.36. The number of carbonyl (C=O) groups excluding carboxylic acids is 1. The molecule has 0 aliphatic carbocycles. The third-order valence-electron chi connectivity index (χ3n) is 3.06. The fourth-order valence-electron chi connectivity index (χ4n) is 2.06. The lowest BCUT2D eigenvalue weighted by atomic mass is 10.5. The van der Waals surface area contributed by atoms with Crippen molar-refractivity contribution in [1.29, 1.82) is 0 Å². The maximum atomic E-state index is 11.6. The molecule has 0 heterocycles. The van der Waals surface area contributed by atoms with Gasteiger partial charge in [0.2, 0.25) is 8.32 Å². The normalized spacial score (nSPS) is 12.3. The van der Waals surface area contributed by atoms with Crippen molar-refractivity contribution in [2.24, 2.45) is 0 Å². The number of carbonyl (C=O) groups is 1. The molecule has 0 aromatic rings. The summed E-state index contributed by atoms with van der Waals surface area (Å²) in [5.41, 5.74) is 0.846. The number of rotatable bonds is 6. The largest absolute Gasteiger partial charge is 0.466 e. The molecular formula is C11H24O3Si.